The minimum Gasteiger partial charge on any atom is -0.0961 e. The van der Waals surface area contributed by atoms with Crippen LogP contribution in [0.5, 0.6) is 0 Å². The Morgan fingerprint density at radius 3 is 2.31 bits per heavy atom. The summed E-state index contributed by atoms with van der Waals surface area (Å²) in [6.45, 7) is 14.6. The molecule has 0 aliphatic heterocycles. The molecule has 0 unspecified atom stereocenters. The Morgan fingerprint density at radius 1 is 1.25 bits per heavy atom. The summed E-state index contributed by atoms with van der Waals surface area (Å²) in [5, 5.41) is 0. The van der Waals surface area contributed by atoms with Gasteiger partial charge in [-0.05, 0) is 57.8 Å². The molecule has 0 atom stereocenters. The molecule has 0 nitrogen and oxygen atoms in total. The van der Waals surface area contributed by atoms with Gasteiger partial charge >= 0.3 is 0 Å². The van der Waals surface area contributed by atoms with Gasteiger partial charge in [-0.2, -0.15) is 0 Å². The first-order valence-electron chi connectivity index (χ1n) is 5.83. The predicted octanol–water partition coefficient (Wildman–Crippen LogP) is 5.12. The molecule has 86 valence electrons. The highest BCUT2D eigenvalue weighted by Gasteiger charge is 2.19. The van der Waals surface area contributed by atoms with Crippen LogP contribution < -0.4 is 0 Å². The van der Waals surface area contributed by atoms with Crippen LogP contribution in [-0.2, 0) is 0 Å². The van der Waals surface area contributed by atoms with Crippen molar-refractivity contribution < 1.29 is 0 Å². The van der Waals surface area contributed by atoms with Crippen LogP contribution in [0.3, 0.4) is 0 Å². The van der Waals surface area contributed by atoms with Gasteiger partial charge in [0.1, 0.15) is 0 Å². The van der Waals surface area contributed by atoms with E-state index in [4.69, 9.17) is 0 Å². The van der Waals surface area contributed by atoms with Crippen molar-refractivity contribution in [2.75, 3.05) is 0 Å². The van der Waals surface area contributed by atoms with Gasteiger partial charge in [0.05, 0.1) is 0 Å². The fourth-order valence-electron chi connectivity index (χ4n) is 2.14. The van der Waals surface area contributed by atoms with Crippen LogP contribution in [0.1, 0.15) is 41.0 Å². The van der Waals surface area contributed by atoms with Crippen LogP contribution >= 0.6 is 0 Å². The second-order valence-electron chi connectivity index (χ2n) is 4.81. The summed E-state index contributed by atoms with van der Waals surface area (Å²) in [5.41, 5.74) is 8.12. The van der Waals surface area contributed by atoms with E-state index in [0.717, 1.165) is 12.0 Å². The first-order valence-corrected chi connectivity index (χ1v) is 5.83. The van der Waals surface area contributed by atoms with E-state index >= 15 is 0 Å². The van der Waals surface area contributed by atoms with Crippen LogP contribution in [0, 0.1) is 0 Å². The minimum atomic E-state index is 1.06. The average Bonchev–Trinajstić information content (AvgIpc) is 2.41. The van der Waals surface area contributed by atoms with Gasteiger partial charge in [0.15, 0.2) is 0 Å². The van der Waals surface area contributed by atoms with Crippen LogP contribution in [0.2, 0.25) is 0 Å². The Kier molecular flexibility index (Phi) is 4.12. The molecule has 0 heterocycles. The fraction of sp³-hybridized carbons (Fsp3) is 0.375. The van der Waals surface area contributed by atoms with Crippen molar-refractivity contribution in [3.05, 3.63) is 58.2 Å². The van der Waals surface area contributed by atoms with E-state index in [1.807, 2.05) is 0 Å². The smallest absolute Gasteiger partial charge is 0.00545 e. The van der Waals surface area contributed by atoms with E-state index in [0.29, 0.717) is 0 Å². The van der Waals surface area contributed by atoms with Gasteiger partial charge in [0.2, 0.25) is 0 Å². The molecule has 0 heteroatoms. The third-order valence-corrected chi connectivity index (χ3v) is 2.69. The van der Waals surface area contributed by atoms with E-state index < -0.39 is 0 Å². The number of allylic oxidation sites excluding steroid dienone is 9. The summed E-state index contributed by atoms with van der Waals surface area (Å²) in [4.78, 5) is 0. The van der Waals surface area contributed by atoms with Gasteiger partial charge in [-0.25, -0.2) is 0 Å². The van der Waals surface area contributed by atoms with Gasteiger partial charge in [-0.15, -0.1) is 0 Å². The first kappa shape index (κ1) is 12.8. The molecule has 0 bridgehead atoms. The highest BCUT2D eigenvalue weighted by Crippen LogP contribution is 2.37. The molecule has 0 fully saturated rings. The number of rotatable bonds is 2. The van der Waals surface area contributed by atoms with E-state index in [1.165, 1.54) is 27.9 Å². The molecule has 1 rings (SSSR count). The quantitative estimate of drug-likeness (QED) is 0.598. The van der Waals surface area contributed by atoms with Crippen molar-refractivity contribution >= 4 is 0 Å². The standard InChI is InChI=1S/C16H22/c1-7-15-14(8-11(2)3)10-13(6)16(15)9-12(4)5/h7-9H,2,10H2,1,3-6H3/b14-8-,15-7+. The van der Waals surface area contributed by atoms with Crippen molar-refractivity contribution in [2.45, 2.75) is 41.0 Å². The highest BCUT2D eigenvalue weighted by atomic mass is 14.2. The summed E-state index contributed by atoms with van der Waals surface area (Å²) < 4.78 is 0. The second-order valence-corrected chi connectivity index (χ2v) is 4.81. The Hall–Kier alpha value is -1.30. The second kappa shape index (κ2) is 5.16. The van der Waals surface area contributed by atoms with Crippen LogP contribution in [0.25, 0.3) is 0 Å². The minimum absolute atomic E-state index is 1.06. The highest BCUT2D eigenvalue weighted by molar-refractivity contribution is 5.61. The van der Waals surface area contributed by atoms with Crippen LogP contribution in [-0.4, -0.2) is 0 Å². The molecule has 1 aliphatic carbocycles. The zero-order valence-electron chi connectivity index (χ0n) is 11.1. The Morgan fingerprint density at radius 2 is 1.88 bits per heavy atom. The molecule has 0 saturated carbocycles. The average molecular weight is 214 g/mol. The lowest BCUT2D eigenvalue weighted by atomic mass is 10.0. The summed E-state index contributed by atoms with van der Waals surface area (Å²) in [6.07, 6.45) is 7.75. The van der Waals surface area contributed by atoms with Gasteiger partial charge in [-0.1, -0.05) is 41.5 Å². The van der Waals surface area contributed by atoms with E-state index in [1.54, 1.807) is 0 Å². The number of hydrogen-bond donors (Lipinski definition) is 0. The maximum absolute atomic E-state index is 3.96. The lowest BCUT2D eigenvalue weighted by molar-refractivity contribution is 1.19. The predicted molar refractivity (Wildman–Crippen MR) is 73.4 cm³/mol. The van der Waals surface area contributed by atoms with Gasteiger partial charge in [0.25, 0.3) is 0 Å². The fourth-order valence-corrected chi connectivity index (χ4v) is 2.14. The Labute approximate surface area is 99.8 Å². The Bertz CT molecular complexity index is 419. The van der Waals surface area contributed by atoms with Crippen molar-refractivity contribution in [3.63, 3.8) is 0 Å². The Balaban J connectivity index is 3.18. The molecule has 16 heavy (non-hydrogen) atoms. The third-order valence-electron chi connectivity index (χ3n) is 2.69. The van der Waals surface area contributed by atoms with E-state index in [9.17, 15) is 0 Å². The summed E-state index contributed by atoms with van der Waals surface area (Å²) in [5.74, 6) is 0. The van der Waals surface area contributed by atoms with E-state index in [-0.39, 0.29) is 0 Å². The third kappa shape index (κ3) is 2.85. The zero-order valence-corrected chi connectivity index (χ0v) is 11.1. The SMILES string of the molecule is C=C(C)/C=C1/CC(C)=C(C=C(C)C)/C1=C/C. The summed E-state index contributed by atoms with van der Waals surface area (Å²) >= 11 is 0. The molecule has 0 saturated heterocycles. The molecular formula is C16H22. The van der Waals surface area contributed by atoms with Crippen LogP contribution in [0.4, 0.5) is 0 Å². The summed E-state index contributed by atoms with van der Waals surface area (Å²) in [7, 11) is 0. The monoisotopic (exact) mass is 214 g/mol. The van der Waals surface area contributed by atoms with Crippen molar-refractivity contribution in [1.82, 2.24) is 0 Å². The largest absolute Gasteiger partial charge is 0.0961 e. The van der Waals surface area contributed by atoms with E-state index in [2.05, 4.69) is 59.4 Å². The molecule has 0 spiro atoms. The lowest BCUT2D eigenvalue weighted by Crippen LogP contribution is -1.85. The van der Waals surface area contributed by atoms with Gasteiger partial charge < -0.3 is 0 Å². The lowest BCUT2D eigenvalue weighted by Gasteiger charge is -2.04. The van der Waals surface area contributed by atoms with Crippen molar-refractivity contribution in [3.8, 4) is 0 Å². The molecule has 0 amide bonds. The maximum Gasteiger partial charge on any atom is -0.00545 e. The van der Waals surface area contributed by atoms with Crippen molar-refractivity contribution in [2.24, 2.45) is 0 Å². The normalized spacial score (nSPS) is 20.8. The molecule has 1 aliphatic rings. The molecule has 0 N–H and O–H groups in total. The first-order chi connectivity index (χ1) is 7.45. The maximum atomic E-state index is 3.96. The molecule has 0 radical (unpaired) electrons. The van der Waals surface area contributed by atoms with Gasteiger partial charge in [-0.3, -0.25) is 0 Å². The molecular weight excluding hydrogens is 192 g/mol. The molecule has 0 aromatic carbocycles. The zero-order chi connectivity index (χ0) is 12.3. The van der Waals surface area contributed by atoms with Gasteiger partial charge in [0, 0.05) is 0 Å². The molecule has 0 aromatic rings. The summed E-state index contributed by atoms with van der Waals surface area (Å²) in [6, 6.07) is 0. The van der Waals surface area contributed by atoms with Crippen LogP contribution in [0.15, 0.2) is 58.2 Å². The van der Waals surface area contributed by atoms with Crippen molar-refractivity contribution in [1.29, 1.82) is 0 Å². The topological polar surface area (TPSA) is 0 Å². The number of hydrogen-bond acceptors (Lipinski definition) is 0. The molecule has 0 aromatic heterocycles.